The third-order valence-corrected chi connectivity index (χ3v) is 4.48. The third-order valence-electron chi connectivity index (χ3n) is 3.59. The SMILES string of the molecule is O=C(Nc1cccc(-c2csc(-c3ccncc3)n2)c1)c1ccco1. The molecule has 4 rings (SSSR count). The molecule has 0 aliphatic heterocycles. The Balaban J connectivity index is 1.58. The molecular formula is C19H13N3O2S. The van der Waals surface area contributed by atoms with Crippen LogP contribution in [0.3, 0.4) is 0 Å². The fourth-order valence-electron chi connectivity index (χ4n) is 2.39. The molecule has 6 heteroatoms. The Morgan fingerprint density at radius 3 is 2.72 bits per heavy atom. The van der Waals surface area contributed by atoms with Gasteiger partial charge in [-0.15, -0.1) is 11.3 Å². The van der Waals surface area contributed by atoms with Gasteiger partial charge in [0.05, 0.1) is 12.0 Å². The molecule has 0 saturated heterocycles. The van der Waals surface area contributed by atoms with Gasteiger partial charge in [-0.1, -0.05) is 12.1 Å². The van der Waals surface area contributed by atoms with Gasteiger partial charge >= 0.3 is 0 Å². The molecule has 0 saturated carbocycles. The number of amides is 1. The average molecular weight is 347 g/mol. The Labute approximate surface area is 148 Å². The summed E-state index contributed by atoms with van der Waals surface area (Å²) in [5, 5.41) is 5.76. The Morgan fingerprint density at radius 1 is 1.04 bits per heavy atom. The van der Waals surface area contributed by atoms with Crippen LogP contribution in [-0.2, 0) is 0 Å². The molecule has 4 aromatic rings. The number of nitrogens with zero attached hydrogens (tertiary/aromatic N) is 2. The minimum absolute atomic E-state index is 0.277. The van der Waals surface area contributed by atoms with Crippen molar-refractivity contribution in [3.05, 3.63) is 78.3 Å². The van der Waals surface area contributed by atoms with E-state index >= 15 is 0 Å². The van der Waals surface area contributed by atoms with Crippen molar-refractivity contribution in [2.45, 2.75) is 0 Å². The quantitative estimate of drug-likeness (QED) is 0.580. The predicted octanol–water partition coefficient (Wildman–Crippen LogP) is 4.72. The smallest absolute Gasteiger partial charge is 0.291 e. The number of anilines is 1. The van der Waals surface area contributed by atoms with Gasteiger partial charge in [-0.2, -0.15) is 0 Å². The number of pyridine rings is 1. The van der Waals surface area contributed by atoms with E-state index in [1.807, 2.05) is 41.8 Å². The van der Waals surface area contributed by atoms with Gasteiger partial charge < -0.3 is 9.73 Å². The van der Waals surface area contributed by atoms with E-state index in [0.717, 1.165) is 21.8 Å². The molecule has 5 nitrogen and oxygen atoms in total. The van der Waals surface area contributed by atoms with Gasteiger partial charge in [0.25, 0.3) is 5.91 Å². The second-order valence-corrected chi connectivity index (χ2v) is 6.14. The van der Waals surface area contributed by atoms with E-state index in [4.69, 9.17) is 4.42 Å². The Bertz CT molecular complexity index is 994. The molecule has 1 aromatic carbocycles. The minimum Gasteiger partial charge on any atom is -0.459 e. The largest absolute Gasteiger partial charge is 0.459 e. The topological polar surface area (TPSA) is 68.0 Å². The molecule has 0 aliphatic carbocycles. The van der Waals surface area contributed by atoms with Crippen molar-refractivity contribution in [1.29, 1.82) is 0 Å². The number of furan rings is 1. The number of rotatable bonds is 4. The van der Waals surface area contributed by atoms with Gasteiger partial charge in [-0.3, -0.25) is 9.78 Å². The van der Waals surface area contributed by atoms with E-state index in [0.29, 0.717) is 5.69 Å². The lowest BCUT2D eigenvalue weighted by Gasteiger charge is -2.05. The highest BCUT2D eigenvalue weighted by Crippen LogP contribution is 2.29. The third kappa shape index (κ3) is 3.34. The number of hydrogen-bond acceptors (Lipinski definition) is 5. The first-order valence-corrected chi connectivity index (χ1v) is 8.49. The Kier molecular flexibility index (Phi) is 4.10. The molecule has 3 aromatic heterocycles. The molecular weight excluding hydrogens is 334 g/mol. The van der Waals surface area contributed by atoms with Crippen molar-refractivity contribution in [3.63, 3.8) is 0 Å². The van der Waals surface area contributed by atoms with Gasteiger partial charge in [0, 0.05) is 34.6 Å². The molecule has 0 fully saturated rings. The van der Waals surface area contributed by atoms with E-state index in [2.05, 4.69) is 15.3 Å². The highest BCUT2D eigenvalue weighted by atomic mass is 32.1. The van der Waals surface area contributed by atoms with Gasteiger partial charge in [0.15, 0.2) is 5.76 Å². The summed E-state index contributed by atoms with van der Waals surface area (Å²) < 4.78 is 5.11. The summed E-state index contributed by atoms with van der Waals surface area (Å²) in [6, 6.07) is 14.8. The normalized spacial score (nSPS) is 10.6. The minimum atomic E-state index is -0.280. The number of carbonyl (C=O) groups is 1. The van der Waals surface area contributed by atoms with E-state index in [1.54, 1.807) is 35.9 Å². The maximum atomic E-state index is 12.1. The standard InChI is InChI=1S/C19H13N3O2S/c23-18(17-5-2-10-24-17)21-15-4-1-3-14(11-15)16-12-25-19(22-16)13-6-8-20-9-7-13/h1-12H,(H,21,23). The van der Waals surface area contributed by atoms with Crippen LogP contribution < -0.4 is 5.32 Å². The van der Waals surface area contributed by atoms with E-state index in [9.17, 15) is 4.79 Å². The Morgan fingerprint density at radius 2 is 1.92 bits per heavy atom. The molecule has 0 aliphatic rings. The molecule has 1 amide bonds. The summed E-state index contributed by atoms with van der Waals surface area (Å²) in [4.78, 5) is 20.8. The van der Waals surface area contributed by atoms with Gasteiger partial charge in [0.1, 0.15) is 5.01 Å². The highest BCUT2D eigenvalue weighted by Gasteiger charge is 2.11. The summed E-state index contributed by atoms with van der Waals surface area (Å²) in [5.41, 5.74) is 3.53. The zero-order valence-corrected chi connectivity index (χ0v) is 13.9. The highest BCUT2D eigenvalue weighted by molar-refractivity contribution is 7.13. The first-order valence-electron chi connectivity index (χ1n) is 7.61. The summed E-state index contributed by atoms with van der Waals surface area (Å²) in [6.45, 7) is 0. The predicted molar refractivity (Wildman–Crippen MR) is 97.4 cm³/mol. The van der Waals surface area contributed by atoms with Crippen LogP contribution in [0.15, 0.2) is 77.0 Å². The number of thiazole rings is 1. The number of hydrogen-bond donors (Lipinski definition) is 1. The fraction of sp³-hybridized carbons (Fsp3) is 0. The van der Waals surface area contributed by atoms with Crippen LogP contribution in [-0.4, -0.2) is 15.9 Å². The van der Waals surface area contributed by atoms with Crippen molar-refractivity contribution < 1.29 is 9.21 Å². The van der Waals surface area contributed by atoms with Crippen LogP contribution in [0.2, 0.25) is 0 Å². The van der Waals surface area contributed by atoms with Crippen molar-refractivity contribution >= 4 is 22.9 Å². The molecule has 1 N–H and O–H groups in total. The van der Waals surface area contributed by atoms with Crippen LogP contribution in [0.4, 0.5) is 5.69 Å². The van der Waals surface area contributed by atoms with E-state index < -0.39 is 0 Å². The number of benzene rings is 1. The molecule has 0 atom stereocenters. The molecule has 0 unspecified atom stereocenters. The zero-order chi connectivity index (χ0) is 17.1. The molecule has 0 spiro atoms. The van der Waals surface area contributed by atoms with Crippen molar-refractivity contribution in [2.75, 3.05) is 5.32 Å². The van der Waals surface area contributed by atoms with Gasteiger partial charge in [-0.05, 0) is 36.4 Å². The average Bonchev–Trinajstić information content (AvgIpc) is 3.35. The second-order valence-electron chi connectivity index (χ2n) is 5.29. The van der Waals surface area contributed by atoms with E-state index in [-0.39, 0.29) is 11.7 Å². The second kappa shape index (κ2) is 6.70. The van der Waals surface area contributed by atoms with Gasteiger partial charge in [0.2, 0.25) is 0 Å². The summed E-state index contributed by atoms with van der Waals surface area (Å²) in [6.07, 6.45) is 4.98. The lowest BCUT2D eigenvalue weighted by Crippen LogP contribution is -2.10. The monoisotopic (exact) mass is 347 g/mol. The van der Waals surface area contributed by atoms with Crippen molar-refractivity contribution in [3.8, 4) is 21.8 Å². The molecule has 0 bridgehead atoms. The summed E-state index contributed by atoms with van der Waals surface area (Å²) in [5.74, 6) is -0.00284. The molecule has 0 radical (unpaired) electrons. The maximum absolute atomic E-state index is 12.1. The van der Waals surface area contributed by atoms with Gasteiger partial charge in [-0.25, -0.2) is 4.98 Å². The fourth-order valence-corrected chi connectivity index (χ4v) is 3.23. The van der Waals surface area contributed by atoms with E-state index in [1.165, 1.54) is 6.26 Å². The first kappa shape index (κ1) is 15.3. The van der Waals surface area contributed by atoms with Crippen LogP contribution in [0.5, 0.6) is 0 Å². The van der Waals surface area contributed by atoms with Crippen molar-refractivity contribution in [1.82, 2.24) is 9.97 Å². The number of aromatic nitrogens is 2. The molecule has 3 heterocycles. The van der Waals surface area contributed by atoms with Crippen LogP contribution in [0, 0.1) is 0 Å². The lowest BCUT2D eigenvalue weighted by molar-refractivity contribution is 0.0996. The number of carbonyl (C=O) groups excluding carboxylic acids is 1. The summed E-state index contributed by atoms with van der Waals surface area (Å²) >= 11 is 1.57. The summed E-state index contributed by atoms with van der Waals surface area (Å²) in [7, 11) is 0. The molecule has 122 valence electrons. The maximum Gasteiger partial charge on any atom is 0.291 e. The van der Waals surface area contributed by atoms with Crippen LogP contribution in [0.25, 0.3) is 21.8 Å². The number of nitrogens with one attached hydrogen (secondary N) is 1. The first-order chi connectivity index (χ1) is 12.3. The van der Waals surface area contributed by atoms with Crippen LogP contribution in [0.1, 0.15) is 10.6 Å². The zero-order valence-electron chi connectivity index (χ0n) is 13.0. The Hall–Kier alpha value is -3.25. The van der Waals surface area contributed by atoms with Crippen LogP contribution >= 0.6 is 11.3 Å². The molecule has 25 heavy (non-hydrogen) atoms. The lowest BCUT2D eigenvalue weighted by atomic mass is 10.1. The van der Waals surface area contributed by atoms with Crippen molar-refractivity contribution in [2.24, 2.45) is 0 Å².